The highest BCUT2D eigenvalue weighted by Gasteiger charge is 2.08. The van der Waals surface area contributed by atoms with Crippen LogP contribution in [0.15, 0.2) is 6.20 Å². The monoisotopic (exact) mass is 159 g/mol. The van der Waals surface area contributed by atoms with E-state index in [0.29, 0.717) is 0 Å². The normalized spacial score (nSPS) is 9.40. The summed E-state index contributed by atoms with van der Waals surface area (Å²) >= 11 is 3.73. The Kier molecular flexibility index (Phi) is 1.91. The maximum atomic E-state index is 10.7. The van der Waals surface area contributed by atoms with Crippen molar-refractivity contribution in [1.29, 1.82) is 0 Å². The Hall–Kier alpha value is -1.04. The van der Waals surface area contributed by atoms with E-state index < -0.39 is 5.97 Å². The molecule has 0 aliphatic heterocycles. The van der Waals surface area contributed by atoms with Crippen LogP contribution < -0.4 is 0 Å². The molecule has 0 aliphatic carbocycles. The molecule has 0 bridgehead atoms. The minimum absolute atomic E-state index is 0.150. The maximum Gasteiger partial charge on any atom is 0.360 e. The first-order valence-corrected chi connectivity index (χ1v) is 2.84. The summed E-state index contributed by atoms with van der Waals surface area (Å²) in [6.07, 6.45) is 1.28. The van der Waals surface area contributed by atoms with Crippen LogP contribution >= 0.6 is 12.8 Å². The topological polar surface area (TPSA) is 57.0 Å². The highest BCUT2D eigenvalue weighted by atomic mass is 32.1. The fraction of sp³-hybridized carbons (Fsp3) is 0.250. The first-order valence-electron chi connectivity index (χ1n) is 2.44. The van der Waals surface area contributed by atoms with Crippen molar-refractivity contribution in [3.63, 3.8) is 0 Å². The largest absolute Gasteiger partial charge is 0.464 e. The molecule has 1 aromatic rings. The number of carbonyl (C=O) groups excluding carboxylic acids is 1. The summed E-state index contributed by atoms with van der Waals surface area (Å²) in [7, 11) is 1.28. The minimum atomic E-state index is -0.514. The van der Waals surface area contributed by atoms with Crippen LogP contribution in [0, 0.1) is 0 Å². The molecule has 54 valence electrons. The lowest BCUT2D eigenvalue weighted by Crippen LogP contribution is -2.01. The molecule has 1 heterocycles. The van der Waals surface area contributed by atoms with Crippen LogP contribution in [-0.2, 0) is 4.74 Å². The Morgan fingerprint density at radius 1 is 1.90 bits per heavy atom. The lowest BCUT2D eigenvalue weighted by Gasteiger charge is -1.88. The van der Waals surface area contributed by atoms with Crippen molar-refractivity contribution in [2.75, 3.05) is 7.11 Å². The summed E-state index contributed by atoms with van der Waals surface area (Å²) in [6.45, 7) is 0. The molecular weight excluding hydrogens is 154 g/mol. The number of hydrogen-bond acceptors (Lipinski definition) is 5. The van der Waals surface area contributed by atoms with E-state index in [1.54, 1.807) is 0 Å². The van der Waals surface area contributed by atoms with Crippen LogP contribution in [-0.4, -0.2) is 27.5 Å². The highest BCUT2D eigenvalue weighted by molar-refractivity contribution is 7.78. The molecule has 0 unspecified atom stereocenters. The van der Waals surface area contributed by atoms with Gasteiger partial charge in [-0.3, -0.25) is 0 Å². The van der Waals surface area contributed by atoms with Crippen LogP contribution in [0.2, 0.25) is 0 Å². The first-order chi connectivity index (χ1) is 4.74. The van der Waals surface area contributed by atoms with E-state index in [9.17, 15) is 4.79 Å². The van der Waals surface area contributed by atoms with Gasteiger partial charge in [0.2, 0.25) is 0 Å². The number of aromatic nitrogens is 3. The summed E-state index contributed by atoms with van der Waals surface area (Å²) in [6, 6.07) is 0. The zero-order valence-electron chi connectivity index (χ0n) is 5.18. The third kappa shape index (κ3) is 1.27. The van der Waals surface area contributed by atoms with Gasteiger partial charge in [0.1, 0.15) is 0 Å². The van der Waals surface area contributed by atoms with Gasteiger partial charge in [-0.2, -0.15) is 0 Å². The Balaban J connectivity index is 2.85. The number of ether oxygens (including phenoxy) is 1. The molecule has 0 aromatic carbocycles. The molecule has 0 aliphatic rings. The molecule has 0 spiro atoms. The zero-order valence-corrected chi connectivity index (χ0v) is 6.08. The number of methoxy groups -OCH3 is 1. The van der Waals surface area contributed by atoms with E-state index in [-0.39, 0.29) is 5.69 Å². The zero-order chi connectivity index (χ0) is 7.56. The molecule has 0 saturated carbocycles. The quantitative estimate of drug-likeness (QED) is 0.453. The molecule has 10 heavy (non-hydrogen) atoms. The van der Waals surface area contributed by atoms with E-state index >= 15 is 0 Å². The smallest absolute Gasteiger partial charge is 0.360 e. The van der Waals surface area contributed by atoms with E-state index in [1.165, 1.54) is 13.3 Å². The molecule has 0 N–H and O–H groups in total. The summed E-state index contributed by atoms with van der Waals surface area (Å²) in [4.78, 5) is 10.7. The molecule has 0 fully saturated rings. The average molecular weight is 159 g/mol. The summed E-state index contributed by atoms with van der Waals surface area (Å²) < 4.78 is 5.35. The SMILES string of the molecule is COC(=O)c1cnn(S)n1. The van der Waals surface area contributed by atoms with Crippen LogP contribution in [0.3, 0.4) is 0 Å². The van der Waals surface area contributed by atoms with Gasteiger partial charge < -0.3 is 4.74 Å². The van der Waals surface area contributed by atoms with Gasteiger partial charge >= 0.3 is 5.97 Å². The van der Waals surface area contributed by atoms with E-state index in [2.05, 4.69) is 27.7 Å². The van der Waals surface area contributed by atoms with Crippen molar-refractivity contribution in [3.8, 4) is 0 Å². The van der Waals surface area contributed by atoms with Crippen molar-refractivity contribution in [1.82, 2.24) is 14.4 Å². The van der Waals surface area contributed by atoms with Gasteiger partial charge in [0.25, 0.3) is 0 Å². The summed E-state index contributed by atoms with van der Waals surface area (Å²) in [5, 5.41) is 7.13. The number of nitrogens with zero attached hydrogens (tertiary/aromatic N) is 3. The molecule has 5 nitrogen and oxygen atoms in total. The van der Waals surface area contributed by atoms with Gasteiger partial charge in [-0.15, -0.1) is 14.4 Å². The number of thiol groups is 1. The minimum Gasteiger partial charge on any atom is -0.464 e. The molecule has 0 amide bonds. The van der Waals surface area contributed by atoms with Crippen molar-refractivity contribution in [2.24, 2.45) is 0 Å². The molecular formula is C4H5N3O2S. The van der Waals surface area contributed by atoms with Gasteiger partial charge in [0.05, 0.1) is 13.3 Å². The van der Waals surface area contributed by atoms with E-state index in [4.69, 9.17) is 0 Å². The maximum absolute atomic E-state index is 10.7. The van der Waals surface area contributed by atoms with E-state index in [0.717, 1.165) is 4.20 Å². The molecule has 0 atom stereocenters. The van der Waals surface area contributed by atoms with Gasteiger partial charge in [0, 0.05) is 0 Å². The molecule has 0 saturated heterocycles. The third-order valence-electron chi connectivity index (χ3n) is 0.875. The Morgan fingerprint density at radius 3 is 3.00 bits per heavy atom. The predicted octanol–water partition coefficient (Wildman–Crippen LogP) is -0.242. The standard InChI is InChI=1S/C4H5N3O2S/c1-9-4(8)3-2-5-7(10)6-3/h2,10H,1H3. The van der Waals surface area contributed by atoms with Gasteiger partial charge in [-0.05, 0) is 12.8 Å². The van der Waals surface area contributed by atoms with Crippen LogP contribution in [0.1, 0.15) is 10.5 Å². The summed E-state index contributed by atoms with van der Waals surface area (Å²) in [5.41, 5.74) is 0.150. The number of rotatable bonds is 1. The molecule has 1 rings (SSSR count). The van der Waals surface area contributed by atoms with Crippen LogP contribution in [0.4, 0.5) is 0 Å². The third-order valence-corrected chi connectivity index (χ3v) is 1.07. The van der Waals surface area contributed by atoms with Crippen LogP contribution in [0.5, 0.6) is 0 Å². The van der Waals surface area contributed by atoms with Crippen molar-refractivity contribution in [2.45, 2.75) is 0 Å². The number of carbonyl (C=O) groups is 1. The second kappa shape index (κ2) is 2.70. The van der Waals surface area contributed by atoms with Gasteiger partial charge in [-0.25, -0.2) is 4.79 Å². The summed E-state index contributed by atoms with van der Waals surface area (Å²) in [5.74, 6) is -0.514. The number of esters is 1. The lowest BCUT2D eigenvalue weighted by atomic mass is 10.5. The Bertz CT molecular complexity index is 246. The Morgan fingerprint density at radius 2 is 2.60 bits per heavy atom. The second-order valence-corrected chi connectivity index (χ2v) is 1.85. The Labute approximate surface area is 62.5 Å². The second-order valence-electron chi connectivity index (χ2n) is 1.49. The van der Waals surface area contributed by atoms with Crippen molar-refractivity contribution >= 4 is 18.8 Å². The predicted molar refractivity (Wildman–Crippen MR) is 35.7 cm³/mol. The van der Waals surface area contributed by atoms with Crippen molar-refractivity contribution < 1.29 is 9.53 Å². The average Bonchev–Trinajstić information content (AvgIpc) is 2.34. The molecule has 1 aromatic heterocycles. The first kappa shape index (κ1) is 7.07. The molecule has 0 radical (unpaired) electrons. The van der Waals surface area contributed by atoms with Gasteiger partial charge in [-0.1, -0.05) is 0 Å². The van der Waals surface area contributed by atoms with E-state index in [1.807, 2.05) is 0 Å². The fourth-order valence-corrected chi connectivity index (χ4v) is 0.600. The fourth-order valence-electron chi connectivity index (χ4n) is 0.452. The van der Waals surface area contributed by atoms with Crippen LogP contribution in [0.25, 0.3) is 0 Å². The van der Waals surface area contributed by atoms with Gasteiger partial charge in [0.15, 0.2) is 5.69 Å². The van der Waals surface area contributed by atoms with Crippen molar-refractivity contribution in [3.05, 3.63) is 11.9 Å². The molecule has 6 heteroatoms. The highest BCUT2D eigenvalue weighted by Crippen LogP contribution is 1.93. The lowest BCUT2D eigenvalue weighted by molar-refractivity contribution is 0.0594. The number of hydrogen-bond donors (Lipinski definition) is 1.